The third-order valence-corrected chi connectivity index (χ3v) is 2.83. The standard InChI is InChI=1S/C16H26O5/c1-16(2,3)21-9-8-20-11-14(17)13-10-12(18-4)6-7-15(13)19-5/h6-7,10,14,17H,8-9,11H2,1-5H3. The van der Waals surface area contributed by atoms with Gasteiger partial charge in [-0.1, -0.05) is 0 Å². The van der Waals surface area contributed by atoms with E-state index in [-0.39, 0.29) is 12.2 Å². The highest BCUT2D eigenvalue weighted by atomic mass is 16.5. The highest BCUT2D eigenvalue weighted by Crippen LogP contribution is 2.29. The first-order valence-electron chi connectivity index (χ1n) is 6.99. The Bertz CT molecular complexity index is 425. The molecular weight excluding hydrogens is 272 g/mol. The number of hydrogen-bond acceptors (Lipinski definition) is 5. The van der Waals surface area contributed by atoms with Crippen LogP contribution in [0.5, 0.6) is 11.5 Å². The maximum atomic E-state index is 10.2. The first-order chi connectivity index (χ1) is 9.87. The van der Waals surface area contributed by atoms with E-state index in [0.717, 1.165) is 0 Å². The van der Waals surface area contributed by atoms with Gasteiger partial charge >= 0.3 is 0 Å². The van der Waals surface area contributed by atoms with Gasteiger partial charge in [-0.25, -0.2) is 0 Å². The summed E-state index contributed by atoms with van der Waals surface area (Å²) >= 11 is 0. The van der Waals surface area contributed by atoms with E-state index >= 15 is 0 Å². The minimum Gasteiger partial charge on any atom is -0.497 e. The largest absolute Gasteiger partial charge is 0.497 e. The second-order valence-electron chi connectivity index (χ2n) is 5.66. The van der Waals surface area contributed by atoms with Crippen molar-refractivity contribution in [1.29, 1.82) is 0 Å². The van der Waals surface area contributed by atoms with Crippen LogP contribution in [-0.2, 0) is 9.47 Å². The molecule has 0 aliphatic carbocycles. The van der Waals surface area contributed by atoms with E-state index < -0.39 is 6.10 Å². The van der Waals surface area contributed by atoms with Gasteiger partial charge in [0.05, 0.1) is 39.6 Å². The monoisotopic (exact) mass is 298 g/mol. The second-order valence-corrected chi connectivity index (χ2v) is 5.66. The summed E-state index contributed by atoms with van der Waals surface area (Å²) in [6, 6.07) is 5.30. The molecule has 1 unspecified atom stereocenters. The summed E-state index contributed by atoms with van der Waals surface area (Å²) in [4.78, 5) is 0. The molecular formula is C16H26O5. The van der Waals surface area contributed by atoms with Crippen LogP contribution in [0.3, 0.4) is 0 Å². The normalized spacial score (nSPS) is 13.0. The fourth-order valence-corrected chi connectivity index (χ4v) is 1.79. The predicted octanol–water partition coefficient (Wildman–Crippen LogP) is 2.57. The topological polar surface area (TPSA) is 57.2 Å². The van der Waals surface area contributed by atoms with Gasteiger partial charge in [-0.3, -0.25) is 0 Å². The third kappa shape index (κ3) is 6.33. The van der Waals surface area contributed by atoms with Crippen molar-refractivity contribution in [3.8, 4) is 11.5 Å². The molecule has 0 aliphatic heterocycles. The maximum Gasteiger partial charge on any atom is 0.125 e. The zero-order valence-corrected chi connectivity index (χ0v) is 13.5. The molecule has 5 heteroatoms. The van der Waals surface area contributed by atoms with E-state index in [2.05, 4.69) is 0 Å². The van der Waals surface area contributed by atoms with E-state index in [1.165, 1.54) is 0 Å². The Balaban J connectivity index is 2.49. The van der Waals surface area contributed by atoms with Crippen LogP contribution < -0.4 is 9.47 Å². The molecule has 0 aromatic heterocycles. The van der Waals surface area contributed by atoms with E-state index in [1.54, 1.807) is 32.4 Å². The zero-order chi connectivity index (χ0) is 15.9. The fourth-order valence-electron chi connectivity index (χ4n) is 1.79. The molecule has 0 fully saturated rings. The number of methoxy groups -OCH3 is 2. The fraction of sp³-hybridized carbons (Fsp3) is 0.625. The van der Waals surface area contributed by atoms with Crippen LogP contribution in [0.4, 0.5) is 0 Å². The number of benzene rings is 1. The molecule has 0 spiro atoms. The lowest BCUT2D eigenvalue weighted by Gasteiger charge is -2.20. The van der Waals surface area contributed by atoms with Crippen molar-refractivity contribution in [1.82, 2.24) is 0 Å². The molecule has 0 amide bonds. The van der Waals surface area contributed by atoms with Crippen LogP contribution in [0.15, 0.2) is 18.2 Å². The second kappa shape index (κ2) is 8.22. The smallest absolute Gasteiger partial charge is 0.125 e. The first-order valence-corrected chi connectivity index (χ1v) is 6.99. The first kappa shape index (κ1) is 17.8. The molecule has 1 aromatic rings. The van der Waals surface area contributed by atoms with Crippen LogP contribution in [0.25, 0.3) is 0 Å². The van der Waals surface area contributed by atoms with Gasteiger partial charge in [-0.05, 0) is 39.0 Å². The maximum absolute atomic E-state index is 10.2. The number of hydrogen-bond donors (Lipinski definition) is 1. The lowest BCUT2D eigenvalue weighted by Crippen LogP contribution is -2.22. The van der Waals surface area contributed by atoms with E-state index in [4.69, 9.17) is 18.9 Å². The van der Waals surface area contributed by atoms with Crippen molar-refractivity contribution in [2.75, 3.05) is 34.0 Å². The zero-order valence-electron chi connectivity index (χ0n) is 13.5. The highest BCUT2D eigenvalue weighted by Gasteiger charge is 2.15. The van der Waals surface area contributed by atoms with Gasteiger partial charge in [0.1, 0.15) is 17.6 Å². The van der Waals surface area contributed by atoms with Gasteiger partial charge in [0.15, 0.2) is 0 Å². The van der Waals surface area contributed by atoms with Crippen molar-refractivity contribution in [2.24, 2.45) is 0 Å². The molecule has 0 aliphatic rings. The number of aliphatic hydroxyl groups excluding tert-OH is 1. The van der Waals surface area contributed by atoms with Gasteiger partial charge in [0.2, 0.25) is 0 Å². The van der Waals surface area contributed by atoms with E-state index in [1.807, 2.05) is 20.8 Å². The number of aliphatic hydroxyl groups is 1. The molecule has 0 saturated carbocycles. The molecule has 120 valence electrons. The Morgan fingerprint density at radius 2 is 1.81 bits per heavy atom. The van der Waals surface area contributed by atoms with Crippen LogP contribution >= 0.6 is 0 Å². The number of rotatable bonds is 8. The van der Waals surface area contributed by atoms with Gasteiger partial charge in [0, 0.05) is 5.56 Å². The molecule has 1 rings (SSSR count). The molecule has 0 heterocycles. The highest BCUT2D eigenvalue weighted by molar-refractivity contribution is 5.41. The SMILES string of the molecule is COc1ccc(OC)c(C(O)COCCOC(C)(C)C)c1. The van der Waals surface area contributed by atoms with E-state index in [9.17, 15) is 5.11 Å². The van der Waals surface area contributed by atoms with Crippen LogP contribution in [0.1, 0.15) is 32.4 Å². The van der Waals surface area contributed by atoms with E-state index in [0.29, 0.717) is 30.3 Å². The van der Waals surface area contributed by atoms with Crippen molar-refractivity contribution in [2.45, 2.75) is 32.5 Å². The molecule has 0 saturated heterocycles. The summed E-state index contributed by atoms with van der Waals surface area (Å²) in [6.45, 7) is 7.07. The Kier molecular flexibility index (Phi) is 6.95. The molecule has 1 aromatic carbocycles. The Morgan fingerprint density at radius 3 is 2.38 bits per heavy atom. The molecule has 21 heavy (non-hydrogen) atoms. The summed E-state index contributed by atoms with van der Waals surface area (Å²) in [7, 11) is 3.15. The Morgan fingerprint density at radius 1 is 1.10 bits per heavy atom. The molecule has 0 bridgehead atoms. The van der Waals surface area contributed by atoms with Gasteiger partial charge in [-0.15, -0.1) is 0 Å². The molecule has 1 atom stereocenters. The van der Waals surface area contributed by atoms with Gasteiger partial charge in [0.25, 0.3) is 0 Å². The van der Waals surface area contributed by atoms with Crippen molar-refractivity contribution in [3.63, 3.8) is 0 Å². The average molecular weight is 298 g/mol. The van der Waals surface area contributed by atoms with Gasteiger partial charge in [-0.2, -0.15) is 0 Å². The van der Waals surface area contributed by atoms with Gasteiger partial charge < -0.3 is 24.1 Å². The van der Waals surface area contributed by atoms with Crippen LogP contribution in [-0.4, -0.2) is 44.7 Å². The lowest BCUT2D eigenvalue weighted by molar-refractivity contribution is -0.0479. The minimum atomic E-state index is -0.773. The van der Waals surface area contributed by atoms with Crippen LogP contribution in [0.2, 0.25) is 0 Å². The lowest BCUT2D eigenvalue weighted by atomic mass is 10.1. The third-order valence-electron chi connectivity index (χ3n) is 2.83. The minimum absolute atomic E-state index is 0.178. The predicted molar refractivity (Wildman–Crippen MR) is 81.0 cm³/mol. The average Bonchev–Trinajstić information content (AvgIpc) is 2.44. The molecule has 0 radical (unpaired) electrons. The quantitative estimate of drug-likeness (QED) is 0.748. The summed E-state index contributed by atoms with van der Waals surface area (Å²) in [5, 5.41) is 10.2. The Labute approximate surface area is 126 Å². The van der Waals surface area contributed by atoms with Crippen LogP contribution in [0, 0.1) is 0 Å². The summed E-state index contributed by atoms with van der Waals surface area (Å²) in [6.07, 6.45) is -0.773. The summed E-state index contributed by atoms with van der Waals surface area (Å²) in [5.41, 5.74) is 0.464. The molecule has 1 N–H and O–H groups in total. The Hall–Kier alpha value is -1.30. The summed E-state index contributed by atoms with van der Waals surface area (Å²) in [5.74, 6) is 1.28. The summed E-state index contributed by atoms with van der Waals surface area (Å²) < 4.78 is 21.4. The molecule has 5 nitrogen and oxygen atoms in total. The van der Waals surface area contributed by atoms with Crippen molar-refractivity contribution < 1.29 is 24.1 Å². The number of ether oxygens (including phenoxy) is 4. The van der Waals surface area contributed by atoms with Crippen molar-refractivity contribution >= 4 is 0 Å². The van der Waals surface area contributed by atoms with Crippen molar-refractivity contribution in [3.05, 3.63) is 23.8 Å².